The molecule has 3 aromatic rings. The smallest absolute Gasteiger partial charge is 0.198 e. The van der Waals surface area contributed by atoms with Crippen LogP contribution in [-0.2, 0) is 20.8 Å². The number of hydrogen-bond donors (Lipinski definition) is 6. The molecule has 2 heterocycles. The second kappa shape index (κ2) is 9.31. The number of likely N-dealkylation sites (tertiary alicyclic amines) is 1. The van der Waals surface area contributed by atoms with E-state index in [1.165, 1.54) is 6.07 Å². The number of nitrogens with two attached hydrogens (primary N) is 4. The quantitative estimate of drug-likeness (QED) is 0.113. The Morgan fingerprint density at radius 3 is 2.59 bits per heavy atom. The summed E-state index contributed by atoms with van der Waals surface area (Å²) in [6.45, 7) is 1.28. The molecule has 12 nitrogen and oxygen atoms in total. The first kappa shape index (κ1) is 24.1. The zero-order valence-electron chi connectivity index (χ0n) is 18.5. The number of aromatic nitrogens is 2. The lowest BCUT2D eigenvalue weighted by atomic mass is 9.97. The number of nitrogens with one attached hydrogen (secondary N) is 2. The molecule has 0 bridgehead atoms. The molecule has 1 aliphatic heterocycles. The Bertz CT molecular complexity index is 1390. The third-order valence-corrected chi connectivity index (χ3v) is 9.25. The van der Waals surface area contributed by atoms with E-state index in [0.29, 0.717) is 48.1 Å². The largest absolute Gasteiger partial charge is 0.382 e. The number of benzene rings is 2. The zero-order chi connectivity index (χ0) is 24.6. The number of para-hydroxylation sites is 1. The van der Waals surface area contributed by atoms with Crippen LogP contribution in [0.3, 0.4) is 0 Å². The highest BCUT2D eigenvalue weighted by atomic mass is 32.2. The van der Waals surface area contributed by atoms with Crippen LogP contribution in [0.1, 0.15) is 18.4 Å². The molecule has 182 valence electrons. The maximum atomic E-state index is 13.7. The molecule has 1 aromatic heterocycles. The first-order valence-corrected chi connectivity index (χ1v) is 13.2. The number of hydrazine groups is 1. The maximum absolute atomic E-state index is 13.7. The van der Waals surface area contributed by atoms with E-state index in [4.69, 9.17) is 22.4 Å². The van der Waals surface area contributed by atoms with Crippen molar-refractivity contribution >= 4 is 43.6 Å². The number of hydrazone groups is 1. The van der Waals surface area contributed by atoms with Gasteiger partial charge in [-0.25, -0.2) is 34.1 Å². The summed E-state index contributed by atoms with van der Waals surface area (Å²) in [5.74, 6) is 5.38. The van der Waals surface area contributed by atoms with Crippen LogP contribution in [0.5, 0.6) is 0 Å². The fraction of sp³-hybridized carbons (Fsp3) is 0.300. The molecule has 0 spiro atoms. The Kier molecular flexibility index (Phi) is 6.60. The van der Waals surface area contributed by atoms with E-state index in [0.717, 1.165) is 0 Å². The van der Waals surface area contributed by atoms with Crippen molar-refractivity contribution in [3.63, 3.8) is 0 Å². The normalized spacial score (nSPS) is 17.2. The van der Waals surface area contributed by atoms with Gasteiger partial charge in [0.2, 0.25) is 0 Å². The second-order valence-corrected chi connectivity index (χ2v) is 11.3. The van der Waals surface area contributed by atoms with Crippen LogP contribution >= 0.6 is 0 Å². The fourth-order valence-electron chi connectivity index (χ4n) is 4.33. The van der Waals surface area contributed by atoms with Crippen molar-refractivity contribution < 1.29 is 12.6 Å². The average Bonchev–Trinajstić information content (AvgIpc) is 3.18. The number of anilines is 1. The van der Waals surface area contributed by atoms with Crippen molar-refractivity contribution in [2.45, 2.75) is 27.9 Å². The van der Waals surface area contributed by atoms with E-state index in [9.17, 15) is 12.6 Å². The molecule has 1 atom stereocenters. The molecule has 0 aliphatic carbocycles. The maximum Gasteiger partial charge on any atom is 0.198 e. The standard InChI is InChI=1S/C20H27N9O3S2/c1-29-9-7-11(8-10-29)34(31,32)15-6-5-12(16(18(15)33(24)30)19(21)27-28-23)13-3-2-4-14-17(13)26-20(22)25-14/h2-6,11,28H,7-10,23-24H2,1H3,(H2,21,27)(H3,22,25,26). The number of nitrogen functional groups attached to an aromatic ring is 1. The van der Waals surface area contributed by atoms with E-state index < -0.39 is 26.1 Å². The van der Waals surface area contributed by atoms with Crippen molar-refractivity contribution in [2.75, 3.05) is 25.9 Å². The van der Waals surface area contributed by atoms with Gasteiger partial charge in [0.15, 0.2) is 21.6 Å². The van der Waals surface area contributed by atoms with Crippen molar-refractivity contribution in [1.82, 2.24) is 20.4 Å². The molecular formula is C20H27N9O3S2. The predicted octanol–water partition coefficient (Wildman–Crippen LogP) is -0.255. The van der Waals surface area contributed by atoms with Gasteiger partial charge in [0.05, 0.1) is 26.1 Å². The van der Waals surface area contributed by atoms with Crippen LogP contribution in [0.2, 0.25) is 0 Å². The van der Waals surface area contributed by atoms with Crippen LogP contribution < -0.4 is 28.0 Å². The summed E-state index contributed by atoms with van der Waals surface area (Å²) < 4.78 is 40.1. The van der Waals surface area contributed by atoms with E-state index in [2.05, 4.69) is 25.5 Å². The minimum Gasteiger partial charge on any atom is -0.382 e. The van der Waals surface area contributed by atoms with Crippen molar-refractivity contribution in [3.05, 3.63) is 35.9 Å². The summed E-state index contributed by atoms with van der Waals surface area (Å²) >= 11 is 0. The Balaban J connectivity index is 2.01. The molecule has 1 fully saturated rings. The number of imidazole rings is 1. The summed E-state index contributed by atoms with van der Waals surface area (Å²) in [6, 6.07) is 8.34. The molecule has 0 radical (unpaired) electrons. The molecular weight excluding hydrogens is 478 g/mol. The highest BCUT2D eigenvalue weighted by Gasteiger charge is 2.35. The lowest BCUT2D eigenvalue weighted by molar-refractivity contribution is 0.277. The summed E-state index contributed by atoms with van der Waals surface area (Å²) in [7, 11) is -4.15. The Hall–Kier alpha value is -3.04. The topological polar surface area (TPSA) is 212 Å². The summed E-state index contributed by atoms with van der Waals surface area (Å²) in [5, 5.41) is 9.06. The van der Waals surface area contributed by atoms with Crippen LogP contribution in [-0.4, -0.2) is 58.7 Å². The van der Waals surface area contributed by atoms with Crippen LogP contribution in [0, 0.1) is 0 Å². The highest BCUT2D eigenvalue weighted by Crippen LogP contribution is 2.37. The Morgan fingerprint density at radius 2 is 1.94 bits per heavy atom. The Morgan fingerprint density at radius 1 is 1.24 bits per heavy atom. The molecule has 34 heavy (non-hydrogen) atoms. The number of piperidine rings is 1. The summed E-state index contributed by atoms with van der Waals surface area (Å²) in [4.78, 5) is 9.08. The number of rotatable bonds is 6. The number of fused-ring (bicyclic) bond motifs is 1. The summed E-state index contributed by atoms with van der Waals surface area (Å²) in [6.07, 6.45) is 0.901. The molecule has 4 rings (SSSR count). The van der Waals surface area contributed by atoms with E-state index in [1.807, 2.05) is 7.05 Å². The van der Waals surface area contributed by atoms with Gasteiger partial charge < -0.3 is 21.4 Å². The third kappa shape index (κ3) is 4.25. The SMILES string of the molecule is CN1CCC(S(=O)(=O)c2ccc(-c3cccc4[nH]c(N)nc34)c(/C(N)=N/NN)c2S(N)=O)CC1. The second-order valence-electron chi connectivity index (χ2n) is 8.11. The lowest BCUT2D eigenvalue weighted by Crippen LogP contribution is -2.37. The third-order valence-electron chi connectivity index (χ3n) is 6.00. The van der Waals surface area contributed by atoms with Crippen molar-refractivity contribution in [1.29, 1.82) is 0 Å². The number of H-pyrrole nitrogens is 1. The molecule has 10 N–H and O–H groups in total. The molecule has 1 aliphatic rings. The molecule has 2 aromatic carbocycles. The van der Waals surface area contributed by atoms with Crippen molar-refractivity contribution in [3.8, 4) is 11.1 Å². The monoisotopic (exact) mass is 505 g/mol. The van der Waals surface area contributed by atoms with Gasteiger partial charge in [-0.05, 0) is 50.7 Å². The lowest BCUT2D eigenvalue weighted by Gasteiger charge is -2.29. The minimum absolute atomic E-state index is 0.0989. The van der Waals surface area contributed by atoms with Crippen LogP contribution in [0.4, 0.5) is 5.95 Å². The summed E-state index contributed by atoms with van der Waals surface area (Å²) in [5.41, 5.74) is 16.4. The number of hydrogen-bond acceptors (Lipinski definition) is 9. The zero-order valence-corrected chi connectivity index (χ0v) is 20.1. The van der Waals surface area contributed by atoms with Crippen molar-refractivity contribution in [2.24, 2.45) is 21.8 Å². The van der Waals surface area contributed by atoms with Crippen LogP contribution in [0.25, 0.3) is 22.2 Å². The van der Waals surface area contributed by atoms with Gasteiger partial charge in [0.25, 0.3) is 0 Å². The Labute approximate surface area is 199 Å². The first-order valence-electron chi connectivity index (χ1n) is 10.4. The highest BCUT2D eigenvalue weighted by molar-refractivity contribution is 7.93. The molecule has 0 saturated carbocycles. The van der Waals surface area contributed by atoms with Gasteiger partial charge in [-0.1, -0.05) is 18.2 Å². The predicted molar refractivity (Wildman–Crippen MR) is 132 cm³/mol. The molecule has 1 unspecified atom stereocenters. The fourth-order valence-corrected chi connectivity index (χ4v) is 7.42. The van der Waals surface area contributed by atoms with Gasteiger partial charge in [-0.2, -0.15) is 0 Å². The molecule has 14 heteroatoms. The average molecular weight is 506 g/mol. The van der Waals surface area contributed by atoms with Gasteiger partial charge >= 0.3 is 0 Å². The number of sulfone groups is 1. The van der Waals surface area contributed by atoms with Gasteiger partial charge in [-0.3, -0.25) is 0 Å². The van der Waals surface area contributed by atoms with Gasteiger partial charge in [0, 0.05) is 11.1 Å². The van der Waals surface area contributed by atoms with Crippen LogP contribution in [0.15, 0.2) is 45.2 Å². The minimum atomic E-state index is -3.87. The number of nitrogens with zero attached hydrogens (tertiary/aromatic N) is 3. The number of aromatic amines is 1. The van der Waals surface area contributed by atoms with E-state index in [1.54, 1.807) is 24.3 Å². The molecule has 0 amide bonds. The number of amidine groups is 1. The first-order chi connectivity index (χ1) is 16.1. The van der Waals surface area contributed by atoms with E-state index >= 15 is 0 Å². The van der Waals surface area contributed by atoms with Gasteiger partial charge in [-0.15, -0.1) is 5.10 Å². The van der Waals surface area contributed by atoms with Gasteiger partial charge in [0.1, 0.15) is 11.0 Å². The van der Waals surface area contributed by atoms with E-state index in [-0.39, 0.29) is 27.1 Å². The molecule has 1 saturated heterocycles.